The Balaban J connectivity index is 2.08. The van der Waals surface area contributed by atoms with Crippen molar-refractivity contribution in [3.8, 4) is 0 Å². The quantitative estimate of drug-likeness (QED) is 0.689. The molecule has 0 bridgehead atoms. The van der Waals surface area contributed by atoms with Gasteiger partial charge in [-0.25, -0.2) is 0 Å². The minimum Gasteiger partial charge on any atom is -0.188 e. The fourth-order valence-electron chi connectivity index (χ4n) is 1.60. The van der Waals surface area contributed by atoms with Crippen LogP contribution in [0.1, 0.15) is 5.56 Å². The molecule has 0 aromatic heterocycles. The molecule has 0 N–H and O–H groups in total. The van der Waals surface area contributed by atoms with Gasteiger partial charge in [0.05, 0.1) is 0 Å². The molecule has 0 aliphatic carbocycles. The molecule has 0 heterocycles. The fraction of sp³-hybridized carbons (Fsp3) is 0.0769. The summed E-state index contributed by atoms with van der Waals surface area (Å²) in [5, 5.41) is 0. The summed E-state index contributed by atoms with van der Waals surface area (Å²) in [6.45, 7) is 0. The first-order chi connectivity index (χ1) is 7.36. The third-order valence-electron chi connectivity index (χ3n) is 2.42. The Labute approximate surface area is 95.9 Å². The molecule has 0 amide bonds. The Morgan fingerprint density at radius 3 is 1.93 bits per heavy atom. The first kappa shape index (κ1) is 10.3. The van der Waals surface area contributed by atoms with Crippen LogP contribution >= 0.6 is 11.5 Å². The highest BCUT2D eigenvalue weighted by Crippen LogP contribution is 2.05. The molecular weight excluding hydrogens is 202 g/mol. The first-order valence-corrected chi connectivity index (χ1v) is 5.53. The van der Waals surface area contributed by atoms with Gasteiger partial charge in [-0.2, -0.15) is 11.5 Å². The molecule has 2 rings (SSSR count). The molecule has 15 heavy (non-hydrogen) atoms. The van der Waals surface area contributed by atoms with Crippen molar-refractivity contribution in [3.05, 3.63) is 66.2 Å². The van der Waals surface area contributed by atoms with Gasteiger partial charge in [0.2, 0.25) is 0 Å². The molecule has 0 aliphatic heterocycles. The van der Waals surface area contributed by atoms with E-state index < -0.39 is 0 Å². The zero-order chi connectivity index (χ0) is 10.5. The standard InChI is InChI=1S/C13H12BCl/c15-14(13-9-5-2-6-10-13)11-12-7-3-1-4-8-12/h1-10H,11H2. The largest absolute Gasteiger partial charge is 0.287 e. The summed E-state index contributed by atoms with van der Waals surface area (Å²) in [7, 11) is 0. The minimum absolute atomic E-state index is 0.0635. The maximum Gasteiger partial charge on any atom is 0.287 e. The lowest BCUT2D eigenvalue weighted by atomic mass is 9.63. The normalized spacial score (nSPS) is 9.93. The van der Waals surface area contributed by atoms with E-state index >= 15 is 0 Å². The maximum absolute atomic E-state index is 6.34. The molecule has 0 fully saturated rings. The Morgan fingerprint density at radius 2 is 1.33 bits per heavy atom. The summed E-state index contributed by atoms with van der Waals surface area (Å²) in [5.74, 6) is 0. The maximum atomic E-state index is 6.34. The lowest BCUT2D eigenvalue weighted by Crippen LogP contribution is -2.26. The Hall–Kier alpha value is -1.21. The molecule has 0 saturated heterocycles. The summed E-state index contributed by atoms with van der Waals surface area (Å²) in [6, 6.07) is 20.5. The van der Waals surface area contributed by atoms with Gasteiger partial charge in [-0.05, 0) is 6.32 Å². The molecule has 2 heteroatoms. The molecule has 74 valence electrons. The van der Waals surface area contributed by atoms with Gasteiger partial charge in [-0.15, -0.1) is 0 Å². The molecule has 2 aromatic rings. The third-order valence-corrected chi connectivity index (χ3v) is 2.83. The Bertz CT molecular complexity index is 399. The molecule has 0 aliphatic rings. The van der Waals surface area contributed by atoms with E-state index in [2.05, 4.69) is 24.3 Å². The van der Waals surface area contributed by atoms with Crippen molar-refractivity contribution in [2.75, 3.05) is 0 Å². The summed E-state index contributed by atoms with van der Waals surface area (Å²) in [4.78, 5) is 0. The van der Waals surface area contributed by atoms with Crippen LogP contribution < -0.4 is 5.46 Å². The SMILES string of the molecule is ClB(Cc1ccccc1)c1ccccc1. The van der Waals surface area contributed by atoms with Crippen LogP contribution in [0.4, 0.5) is 0 Å². The lowest BCUT2D eigenvalue weighted by Gasteiger charge is -2.05. The van der Waals surface area contributed by atoms with E-state index in [-0.39, 0.29) is 6.13 Å². The van der Waals surface area contributed by atoms with Crippen molar-refractivity contribution in [1.29, 1.82) is 0 Å². The van der Waals surface area contributed by atoms with E-state index in [1.165, 1.54) is 11.0 Å². The average Bonchev–Trinajstić information content (AvgIpc) is 2.31. The molecule has 0 spiro atoms. The van der Waals surface area contributed by atoms with E-state index in [9.17, 15) is 0 Å². The second-order valence-electron chi connectivity index (χ2n) is 3.57. The van der Waals surface area contributed by atoms with E-state index in [1.807, 2.05) is 36.4 Å². The summed E-state index contributed by atoms with van der Waals surface area (Å²) >= 11 is 6.34. The monoisotopic (exact) mass is 214 g/mol. The summed E-state index contributed by atoms with van der Waals surface area (Å²) in [5.41, 5.74) is 2.46. The molecule has 2 aromatic carbocycles. The predicted molar refractivity (Wildman–Crippen MR) is 67.8 cm³/mol. The van der Waals surface area contributed by atoms with Crippen LogP contribution in [0.3, 0.4) is 0 Å². The minimum atomic E-state index is 0.0635. The van der Waals surface area contributed by atoms with Gasteiger partial charge in [0, 0.05) is 0 Å². The Morgan fingerprint density at radius 1 is 0.800 bits per heavy atom. The summed E-state index contributed by atoms with van der Waals surface area (Å²) < 4.78 is 0. The second kappa shape index (κ2) is 5.04. The van der Waals surface area contributed by atoms with Crippen LogP contribution in [0.15, 0.2) is 60.7 Å². The van der Waals surface area contributed by atoms with Gasteiger partial charge >= 0.3 is 0 Å². The summed E-state index contributed by atoms with van der Waals surface area (Å²) in [6.07, 6.45) is 0.945. The van der Waals surface area contributed by atoms with Gasteiger partial charge in [-0.1, -0.05) is 71.7 Å². The Kier molecular flexibility index (Phi) is 3.47. The number of benzene rings is 2. The highest BCUT2D eigenvalue weighted by molar-refractivity contribution is 7.13. The van der Waals surface area contributed by atoms with Crippen LogP contribution in [0.25, 0.3) is 0 Å². The third kappa shape index (κ3) is 2.87. The van der Waals surface area contributed by atoms with Crippen LogP contribution in [0, 0.1) is 0 Å². The van der Waals surface area contributed by atoms with E-state index in [1.54, 1.807) is 0 Å². The molecule has 0 radical (unpaired) electrons. The zero-order valence-electron chi connectivity index (χ0n) is 8.44. The van der Waals surface area contributed by atoms with Gasteiger partial charge in [-0.3, -0.25) is 0 Å². The van der Waals surface area contributed by atoms with Crippen molar-refractivity contribution in [2.45, 2.75) is 6.32 Å². The smallest absolute Gasteiger partial charge is 0.188 e. The predicted octanol–water partition coefficient (Wildman–Crippen LogP) is 2.91. The topological polar surface area (TPSA) is 0 Å². The van der Waals surface area contributed by atoms with Gasteiger partial charge in [0.25, 0.3) is 6.13 Å². The van der Waals surface area contributed by atoms with Crippen molar-refractivity contribution in [2.24, 2.45) is 0 Å². The first-order valence-electron chi connectivity index (χ1n) is 5.09. The fourth-order valence-corrected chi connectivity index (χ4v) is 1.92. The zero-order valence-corrected chi connectivity index (χ0v) is 9.19. The highest BCUT2D eigenvalue weighted by atomic mass is 35.5. The molecular formula is C13H12BCl. The van der Waals surface area contributed by atoms with Crippen molar-refractivity contribution >= 4 is 23.1 Å². The van der Waals surface area contributed by atoms with Crippen LogP contribution in [0.2, 0.25) is 0 Å². The number of hydrogen-bond acceptors (Lipinski definition) is 0. The van der Waals surface area contributed by atoms with Crippen LogP contribution in [-0.4, -0.2) is 6.13 Å². The lowest BCUT2D eigenvalue weighted by molar-refractivity contribution is 1.38. The molecule has 0 saturated carbocycles. The van der Waals surface area contributed by atoms with Crippen molar-refractivity contribution in [1.82, 2.24) is 0 Å². The highest BCUT2D eigenvalue weighted by Gasteiger charge is 2.12. The number of halogens is 1. The number of hydrogen-bond donors (Lipinski definition) is 0. The molecule has 0 unspecified atom stereocenters. The average molecular weight is 215 g/mol. The van der Waals surface area contributed by atoms with Gasteiger partial charge in [0.15, 0.2) is 0 Å². The van der Waals surface area contributed by atoms with E-state index in [0.29, 0.717) is 0 Å². The molecule has 0 atom stereocenters. The van der Waals surface area contributed by atoms with Crippen LogP contribution in [-0.2, 0) is 6.32 Å². The van der Waals surface area contributed by atoms with E-state index in [0.717, 1.165) is 6.32 Å². The second-order valence-corrected chi connectivity index (χ2v) is 4.09. The van der Waals surface area contributed by atoms with Crippen molar-refractivity contribution in [3.63, 3.8) is 0 Å². The number of rotatable bonds is 3. The van der Waals surface area contributed by atoms with E-state index in [4.69, 9.17) is 11.5 Å². The van der Waals surface area contributed by atoms with Crippen LogP contribution in [0.5, 0.6) is 0 Å². The van der Waals surface area contributed by atoms with Gasteiger partial charge < -0.3 is 0 Å². The van der Waals surface area contributed by atoms with Crippen molar-refractivity contribution < 1.29 is 0 Å². The molecule has 0 nitrogen and oxygen atoms in total. The van der Waals surface area contributed by atoms with Gasteiger partial charge in [0.1, 0.15) is 0 Å².